The summed E-state index contributed by atoms with van der Waals surface area (Å²) in [6, 6.07) is 0. The van der Waals surface area contributed by atoms with Gasteiger partial charge in [0, 0.05) is 18.5 Å². The zero-order valence-electron chi connectivity index (χ0n) is 10.1. The molecule has 0 unspecified atom stereocenters. The highest BCUT2D eigenvalue weighted by molar-refractivity contribution is 5.04. The minimum atomic E-state index is 0.0200. The molecule has 16 heavy (non-hydrogen) atoms. The Morgan fingerprint density at radius 3 is 2.50 bits per heavy atom. The summed E-state index contributed by atoms with van der Waals surface area (Å²) in [6.45, 7) is 6.26. The molecule has 1 spiro atoms. The first-order valence-corrected chi connectivity index (χ1v) is 6.87. The summed E-state index contributed by atoms with van der Waals surface area (Å²) in [6.07, 6.45) is 6.29. The van der Waals surface area contributed by atoms with E-state index in [9.17, 15) is 5.11 Å². The number of hydrogen-bond donors (Lipinski definition) is 2. The Kier molecular flexibility index (Phi) is 2.94. The maximum atomic E-state index is 9.34. The lowest BCUT2D eigenvalue weighted by Crippen LogP contribution is -2.63. The van der Waals surface area contributed by atoms with Crippen molar-refractivity contribution < 1.29 is 5.11 Å². The maximum absolute atomic E-state index is 9.34. The standard InChI is InChI=1S/C13H24N2O/c16-12-7-13(8-12)9-15(10-13)6-3-11-1-4-14-5-2-11/h11-12,14,16H,1-10H2. The lowest BCUT2D eigenvalue weighted by Gasteiger charge is -2.58. The van der Waals surface area contributed by atoms with Gasteiger partial charge in [0.25, 0.3) is 0 Å². The number of nitrogens with zero attached hydrogens (tertiary/aromatic N) is 1. The van der Waals surface area contributed by atoms with Crippen molar-refractivity contribution in [3.8, 4) is 0 Å². The van der Waals surface area contributed by atoms with Gasteiger partial charge in [0.1, 0.15) is 0 Å². The van der Waals surface area contributed by atoms with Crippen LogP contribution >= 0.6 is 0 Å². The molecule has 0 aromatic heterocycles. The third-order valence-corrected chi connectivity index (χ3v) is 4.77. The fraction of sp³-hybridized carbons (Fsp3) is 1.00. The third kappa shape index (κ3) is 2.13. The zero-order valence-corrected chi connectivity index (χ0v) is 10.1. The van der Waals surface area contributed by atoms with E-state index >= 15 is 0 Å². The molecule has 3 rings (SSSR count). The van der Waals surface area contributed by atoms with Crippen LogP contribution in [0.2, 0.25) is 0 Å². The Labute approximate surface area is 98.2 Å². The first-order valence-electron chi connectivity index (χ1n) is 6.87. The van der Waals surface area contributed by atoms with E-state index in [1.165, 1.54) is 52.0 Å². The third-order valence-electron chi connectivity index (χ3n) is 4.77. The highest BCUT2D eigenvalue weighted by atomic mass is 16.3. The second kappa shape index (κ2) is 4.28. The number of piperidine rings is 1. The number of aliphatic hydroxyl groups excluding tert-OH is 1. The van der Waals surface area contributed by atoms with Crippen LogP contribution in [0.25, 0.3) is 0 Å². The Morgan fingerprint density at radius 2 is 1.88 bits per heavy atom. The Morgan fingerprint density at radius 1 is 1.19 bits per heavy atom. The predicted octanol–water partition coefficient (Wildman–Crippen LogP) is 0.833. The van der Waals surface area contributed by atoms with E-state index in [1.807, 2.05) is 0 Å². The smallest absolute Gasteiger partial charge is 0.0552 e. The molecule has 0 aromatic carbocycles. The van der Waals surface area contributed by atoms with Gasteiger partial charge in [-0.15, -0.1) is 0 Å². The maximum Gasteiger partial charge on any atom is 0.0552 e. The normalized spacial score (nSPS) is 31.3. The monoisotopic (exact) mass is 224 g/mol. The second-order valence-electron chi connectivity index (χ2n) is 6.25. The molecule has 0 bridgehead atoms. The number of likely N-dealkylation sites (tertiary alicyclic amines) is 1. The molecule has 2 aliphatic heterocycles. The first-order chi connectivity index (χ1) is 7.76. The van der Waals surface area contributed by atoms with Gasteiger partial charge < -0.3 is 15.3 Å². The Balaban J connectivity index is 1.32. The van der Waals surface area contributed by atoms with Crippen molar-refractivity contribution in [2.45, 2.75) is 38.2 Å². The predicted molar refractivity (Wildman–Crippen MR) is 64.3 cm³/mol. The van der Waals surface area contributed by atoms with Crippen LogP contribution < -0.4 is 5.32 Å². The van der Waals surface area contributed by atoms with Crippen molar-refractivity contribution in [3.05, 3.63) is 0 Å². The van der Waals surface area contributed by atoms with E-state index in [0.717, 1.165) is 18.8 Å². The van der Waals surface area contributed by atoms with E-state index < -0.39 is 0 Å². The molecule has 3 nitrogen and oxygen atoms in total. The van der Waals surface area contributed by atoms with Gasteiger partial charge in [0.2, 0.25) is 0 Å². The summed E-state index contributed by atoms with van der Waals surface area (Å²) in [5, 5.41) is 12.8. The lowest BCUT2D eigenvalue weighted by molar-refractivity contribution is -0.128. The van der Waals surface area contributed by atoms with Gasteiger partial charge >= 0.3 is 0 Å². The van der Waals surface area contributed by atoms with Gasteiger partial charge in [-0.05, 0) is 57.7 Å². The van der Waals surface area contributed by atoms with Crippen molar-refractivity contribution in [2.24, 2.45) is 11.3 Å². The molecular weight excluding hydrogens is 200 g/mol. The van der Waals surface area contributed by atoms with Gasteiger partial charge in [-0.25, -0.2) is 0 Å². The van der Waals surface area contributed by atoms with Gasteiger partial charge in [-0.2, -0.15) is 0 Å². The highest BCUT2D eigenvalue weighted by Gasteiger charge is 2.51. The van der Waals surface area contributed by atoms with Crippen LogP contribution in [0.3, 0.4) is 0 Å². The molecule has 92 valence electrons. The molecule has 1 aliphatic carbocycles. The molecule has 3 fully saturated rings. The Bertz CT molecular complexity index is 236. The summed E-state index contributed by atoms with van der Waals surface area (Å²) in [5.41, 5.74) is 0.549. The largest absolute Gasteiger partial charge is 0.393 e. The van der Waals surface area contributed by atoms with Crippen LogP contribution in [-0.4, -0.2) is 48.8 Å². The van der Waals surface area contributed by atoms with Crippen LogP contribution in [0, 0.1) is 11.3 Å². The second-order valence-corrected chi connectivity index (χ2v) is 6.25. The minimum Gasteiger partial charge on any atom is -0.393 e. The zero-order chi connectivity index (χ0) is 11.0. The highest BCUT2D eigenvalue weighted by Crippen LogP contribution is 2.48. The summed E-state index contributed by atoms with van der Waals surface area (Å²) < 4.78 is 0. The van der Waals surface area contributed by atoms with Crippen molar-refractivity contribution >= 4 is 0 Å². The van der Waals surface area contributed by atoms with E-state index in [-0.39, 0.29) is 6.10 Å². The van der Waals surface area contributed by atoms with E-state index in [4.69, 9.17) is 0 Å². The molecule has 3 heteroatoms. The number of rotatable bonds is 3. The summed E-state index contributed by atoms with van der Waals surface area (Å²) >= 11 is 0. The molecule has 0 atom stereocenters. The molecule has 2 saturated heterocycles. The molecule has 0 radical (unpaired) electrons. The van der Waals surface area contributed by atoms with Crippen LogP contribution in [0.4, 0.5) is 0 Å². The summed E-state index contributed by atoms with van der Waals surface area (Å²) in [4.78, 5) is 2.59. The Hall–Kier alpha value is -0.120. The first kappa shape index (κ1) is 11.0. The average Bonchev–Trinajstić information content (AvgIpc) is 2.21. The number of aliphatic hydroxyl groups is 1. The van der Waals surface area contributed by atoms with Gasteiger partial charge in [0.15, 0.2) is 0 Å². The molecular formula is C13H24N2O. The van der Waals surface area contributed by atoms with Gasteiger partial charge in [-0.3, -0.25) is 0 Å². The molecule has 0 aromatic rings. The topological polar surface area (TPSA) is 35.5 Å². The van der Waals surface area contributed by atoms with Crippen molar-refractivity contribution in [3.63, 3.8) is 0 Å². The van der Waals surface area contributed by atoms with Crippen molar-refractivity contribution in [1.82, 2.24) is 10.2 Å². The van der Waals surface area contributed by atoms with E-state index in [2.05, 4.69) is 10.2 Å². The summed E-state index contributed by atoms with van der Waals surface area (Å²) in [5.74, 6) is 0.963. The van der Waals surface area contributed by atoms with Crippen molar-refractivity contribution in [2.75, 3.05) is 32.7 Å². The van der Waals surface area contributed by atoms with Crippen molar-refractivity contribution in [1.29, 1.82) is 0 Å². The lowest BCUT2D eigenvalue weighted by atomic mass is 9.62. The molecule has 2 N–H and O–H groups in total. The minimum absolute atomic E-state index is 0.0200. The molecule has 3 aliphatic rings. The van der Waals surface area contributed by atoms with Crippen LogP contribution in [0.1, 0.15) is 32.1 Å². The number of nitrogens with one attached hydrogen (secondary N) is 1. The van der Waals surface area contributed by atoms with Gasteiger partial charge in [0.05, 0.1) is 6.10 Å². The molecule has 1 saturated carbocycles. The quantitative estimate of drug-likeness (QED) is 0.745. The van der Waals surface area contributed by atoms with E-state index in [0.29, 0.717) is 5.41 Å². The summed E-state index contributed by atoms with van der Waals surface area (Å²) in [7, 11) is 0. The van der Waals surface area contributed by atoms with E-state index in [1.54, 1.807) is 0 Å². The number of hydrogen-bond acceptors (Lipinski definition) is 3. The molecule has 2 heterocycles. The van der Waals surface area contributed by atoms with Crippen LogP contribution in [0.15, 0.2) is 0 Å². The average molecular weight is 224 g/mol. The van der Waals surface area contributed by atoms with Crippen LogP contribution in [-0.2, 0) is 0 Å². The molecule has 0 amide bonds. The van der Waals surface area contributed by atoms with Gasteiger partial charge in [-0.1, -0.05) is 0 Å². The van der Waals surface area contributed by atoms with Crippen LogP contribution in [0.5, 0.6) is 0 Å². The fourth-order valence-corrected chi connectivity index (χ4v) is 3.79. The SMILES string of the molecule is OC1CC2(C1)CN(CCC1CCNCC1)C2. The fourth-order valence-electron chi connectivity index (χ4n) is 3.79.